The minimum absolute atomic E-state index is 0.397. The van der Waals surface area contributed by atoms with Crippen LogP contribution in [0.1, 0.15) is 11.7 Å². The second-order valence-corrected chi connectivity index (χ2v) is 4.11. The summed E-state index contributed by atoms with van der Waals surface area (Å²) < 4.78 is 0. The topological polar surface area (TPSA) is 59.8 Å². The second kappa shape index (κ2) is 4.89. The number of amides is 1. The molecule has 0 radical (unpaired) electrons. The minimum Gasteiger partial charge on any atom is -0.332 e. The van der Waals surface area contributed by atoms with Gasteiger partial charge in [-0.2, -0.15) is 15.0 Å². The Bertz CT molecular complexity index is 660. The van der Waals surface area contributed by atoms with Crippen LogP contribution < -0.4 is 5.32 Å². The van der Waals surface area contributed by atoms with E-state index in [2.05, 4.69) is 15.5 Å². The van der Waals surface area contributed by atoms with Gasteiger partial charge in [-0.3, -0.25) is 4.79 Å². The van der Waals surface area contributed by atoms with E-state index in [9.17, 15) is 4.79 Å². The molecule has 1 N–H and O–H groups in total. The Morgan fingerprint density at radius 1 is 0.947 bits per heavy atom. The third kappa shape index (κ3) is 2.18. The molecule has 5 nitrogen and oxygen atoms in total. The van der Waals surface area contributed by atoms with Gasteiger partial charge < -0.3 is 5.32 Å². The fourth-order valence-corrected chi connectivity index (χ4v) is 1.99. The standard InChI is InChI=1S/C14H12N4O/c19-10-15-14(11-6-2-1-3-7-11)18-16-12-8-4-5-9-13(12)17-18/h1-10,14H,(H,15,19). The third-order valence-corrected chi connectivity index (χ3v) is 2.87. The van der Waals surface area contributed by atoms with Crippen LogP contribution in [0.2, 0.25) is 0 Å². The fourth-order valence-electron chi connectivity index (χ4n) is 1.99. The number of carbonyl (C=O) groups is 1. The molecule has 0 spiro atoms. The van der Waals surface area contributed by atoms with Crippen LogP contribution in [-0.2, 0) is 4.79 Å². The molecule has 94 valence electrons. The van der Waals surface area contributed by atoms with Gasteiger partial charge in [-0.15, -0.1) is 0 Å². The molecule has 5 heteroatoms. The molecule has 0 saturated heterocycles. The lowest BCUT2D eigenvalue weighted by Crippen LogP contribution is -2.28. The first-order valence-corrected chi connectivity index (χ1v) is 5.95. The maximum absolute atomic E-state index is 10.8. The Morgan fingerprint density at radius 2 is 1.53 bits per heavy atom. The van der Waals surface area contributed by atoms with Gasteiger partial charge in [0.15, 0.2) is 6.17 Å². The van der Waals surface area contributed by atoms with E-state index >= 15 is 0 Å². The lowest BCUT2D eigenvalue weighted by atomic mass is 10.2. The van der Waals surface area contributed by atoms with Crippen molar-refractivity contribution in [3.05, 3.63) is 60.2 Å². The van der Waals surface area contributed by atoms with Crippen molar-refractivity contribution in [1.29, 1.82) is 0 Å². The molecule has 1 unspecified atom stereocenters. The summed E-state index contributed by atoms with van der Waals surface area (Å²) in [7, 11) is 0. The Labute approximate surface area is 109 Å². The SMILES string of the molecule is O=CNC(c1ccccc1)n1nc2ccccc2n1. The van der Waals surface area contributed by atoms with Crippen LogP contribution in [-0.4, -0.2) is 21.4 Å². The number of nitrogens with zero attached hydrogens (tertiary/aromatic N) is 3. The smallest absolute Gasteiger partial charge is 0.209 e. The summed E-state index contributed by atoms with van der Waals surface area (Å²) >= 11 is 0. The van der Waals surface area contributed by atoms with Gasteiger partial charge in [-0.1, -0.05) is 42.5 Å². The van der Waals surface area contributed by atoms with Crippen LogP contribution in [0.5, 0.6) is 0 Å². The van der Waals surface area contributed by atoms with Gasteiger partial charge in [-0.05, 0) is 17.7 Å². The molecule has 0 bridgehead atoms. The highest BCUT2D eigenvalue weighted by atomic mass is 16.1. The highest BCUT2D eigenvalue weighted by molar-refractivity contribution is 5.73. The van der Waals surface area contributed by atoms with Gasteiger partial charge in [0.1, 0.15) is 11.0 Å². The van der Waals surface area contributed by atoms with Crippen molar-refractivity contribution in [3.63, 3.8) is 0 Å². The number of benzene rings is 2. The van der Waals surface area contributed by atoms with Crippen LogP contribution in [0.25, 0.3) is 11.0 Å². The van der Waals surface area contributed by atoms with E-state index in [1.807, 2.05) is 54.6 Å². The van der Waals surface area contributed by atoms with E-state index in [1.165, 1.54) is 4.80 Å². The molecule has 3 aromatic rings. The van der Waals surface area contributed by atoms with E-state index in [4.69, 9.17) is 0 Å². The lowest BCUT2D eigenvalue weighted by Gasteiger charge is -2.15. The molecule has 1 heterocycles. The first-order chi connectivity index (χ1) is 9.38. The van der Waals surface area contributed by atoms with E-state index in [0.717, 1.165) is 16.6 Å². The third-order valence-electron chi connectivity index (χ3n) is 2.87. The molecule has 2 aromatic carbocycles. The van der Waals surface area contributed by atoms with Gasteiger partial charge in [0.2, 0.25) is 6.41 Å². The molecule has 0 fully saturated rings. The number of nitrogens with one attached hydrogen (secondary N) is 1. The quantitative estimate of drug-likeness (QED) is 0.719. The summed E-state index contributed by atoms with van der Waals surface area (Å²) in [4.78, 5) is 12.3. The number of hydrogen-bond donors (Lipinski definition) is 1. The first kappa shape index (κ1) is 11.4. The average Bonchev–Trinajstić information content (AvgIpc) is 2.89. The second-order valence-electron chi connectivity index (χ2n) is 4.11. The zero-order chi connectivity index (χ0) is 13.1. The zero-order valence-corrected chi connectivity index (χ0v) is 10.1. The number of rotatable bonds is 4. The van der Waals surface area contributed by atoms with Crippen molar-refractivity contribution in [1.82, 2.24) is 20.3 Å². The molecule has 1 amide bonds. The molecule has 1 atom stereocenters. The molecule has 1 aromatic heterocycles. The number of hydrogen-bond acceptors (Lipinski definition) is 3. The Morgan fingerprint density at radius 3 is 2.11 bits per heavy atom. The number of aromatic nitrogens is 3. The van der Waals surface area contributed by atoms with Crippen LogP contribution in [0.15, 0.2) is 54.6 Å². The van der Waals surface area contributed by atoms with E-state index in [1.54, 1.807) is 0 Å². The minimum atomic E-state index is -0.397. The van der Waals surface area contributed by atoms with Gasteiger partial charge in [0, 0.05) is 0 Å². The van der Waals surface area contributed by atoms with E-state index < -0.39 is 6.17 Å². The molecule has 0 aliphatic heterocycles. The van der Waals surface area contributed by atoms with Gasteiger partial charge in [0.05, 0.1) is 0 Å². The molecule has 3 rings (SSSR count). The molecule has 0 aliphatic rings. The first-order valence-electron chi connectivity index (χ1n) is 5.95. The summed E-state index contributed by atoms with van der Waals surface area (Å²) in [6.07, 6.45) is 0.261. The van der Waals surface area contributed by atoms with Gasteiger partial charge >= 0.3 is 0 Å². The van der Waals surface area contributed by atoms with Crippen LogP contribution >= 0.6 is 0 Å². The predicted molar refractivity (Wildman–Crippen MR) is 71.3 cm³/mol. The lowest BCUT2D eigenvalue weighted by molar-refractivity contribution is -0.110. The van der Waals surface area contributed by atoms with E-state index in [-0.39, 0.29) is 0 Å². The Hall–Kier alpha value is -2.69. The molecule has 0 aliphatic carbocycles. The van der Waals surface area contributed by atoms with Crippen molar-refractivity contribution >= 4 is 17.4 Å². The monoisotopic (exact) mass is 252 g/mol. The van der Waals surface area contributed by atoms with Crippen LogP contribution in [0, 0.1) is 0 Å². The Kier molecular flexibility index (Phi) is 2.94. The molecular weight excluding hydrogens is 240 g/mol. The summed E-state index contributed by atoms with van der Waals surface area (Å²) in [6.45, 7) is 0. The van der Waals surface area contributed by atoms with Crippen LogP contribution in [0.3, 0.4) is 0 Å². The summed E-state index contributed by atoms with van der Waals surface area (Å²) in [6, 6.07) is 17.2. The molecular formula is C14H12N4O. The molecule has 0 saturated carbocycles. The van der Waals surface area contributed by atoms with Gasteiger partial charge in [-0.25, -0.2) is 0 Å². The number of fused-ring (bicyclic) bond motifs is 1. The Balaban J connectivity index is 2.06. The summed E-state index contributed by atoms with van der Waals surface area (Å²) in [5, 5.41) is 11.5. The summed E-state index contributed by atoms with van der Waals surface area (Å²) in [5.74, 6) is 0. The average molecular weight is 252 g/mol. The van der Waals surface area contributed by atoms with E-state index in [0.29, 0.717) is 6.41 Å². The van der Waals surface area contributed by atoms with Crippen molar-refractivity contribution in [2.24, 2.45) is 0 Å². The fraction of sp³-hybridized carbons (Fsp3) is 0.0714. The highest BCUT2D eigenvalue weighted by Crippen LogP contribution is 2.16. The predicted octanol–water partition coefficient (Wildman–Crippen LogP) is 1.72. The van der Waals surface area contributed by atoms with Crippen LogP contribution in [0.4, 0.5) is 0 Å². The maximum atomic E-state index is 10.8. The normalized spacial score (nSPS) is 12.2. The van der Waals surface area contributed by atoms with Crippen molar-refractivity contribution in [2.45, 2.75) is 6.17 Å². The zero-order valence-electron chi connectivity index (χ0n) is 10.1. The van der Waals surface area contributed by atoms with Crippen molar-refractivity contribution < 1.29 is 4.79 Å². The largest absolute Gasteiger partial charge is 0.332 e. The van der Waals surface area contributed by atoms with Crippen molar-refractivity contribution in [2.75, 3.05) is 0 Å². The number of carbonyl (C=O) groups excluding carboxylic acids is 1. The maximum Gasteiger partial charge on any atom is 0.209 e. The summed E-state index contributed by atoms with van der Waals surface area (Å²) in [5.41, 5.74) is 2.53. The highest BCUT2D eigenvalue weighted by Gasteiger charge is 2.15. The van der Waals surface area contributed by atoms with Gasteiger partial charge in [0.25, 0.3) is 0 Å². The molecule has 19 heavy (non-hydrogen) atoms. The van der Waals surface area contributed by atoms with Crippen molar-refractivity contribution in [3.8, 4) is 0 Å².